The van der Waals surface area contributed by atoms with Crippen LogP contribution in [0.5, 0.6) is 5.75 Å². The Hall–Kier alpha value is -3.88. The van der Waals surface area contributed by atoms with E-state index in [9.17, 15) is 22.4 Å². The van der Waals surface area contributed by atoms with Crippen molar-refractivity contribution in [2.75, 3.05) is 0 Å². The summed E-state index contributed by atoms with van der Waals surface area (Å²) in [4.78, 5) is 15.7. The van der Waals surface area contributed by atoms with Crippen molar-refractivity contribution in [1.82, 2.24) is 9.55 Å². The maximum Gasteiger partial charge on any atom is 0.416 e. The molecule has 170 valence electrons. The standard InChI is InChI=1S/C24H18F4N2O3/c1-14-5-8-21-20(9-14)29-22(13-33-18-4-2-3-15(10-18)23(31)32)30(21)12-16-6-7-17(25)11-19(16)24(26,27)28/h2-11H,12-13H2,1H3,(H,31,32). The number of benzene rings is 3. The van der Waals surface area contributed by atoms with E-state index in [-0.39, 0.29) is 30.0 Å². The highest BCUT2D eigenvalue weighted by molar-refractivity contribution is 5.88. The fraction of sp³-hybridized carbons (Fsp3) is 0.167. The number of aromatic carboxylic acids is 1. The van der Waals surface area contributed by atoms with Gasteiger partial charge in [-0.2, -0.15) is 13.2 Å². The van der Waals surface area contributed by atoms with Crippen molar-refractivity contribution >= 4 is 17.0 Å². The highest BCUT2D eigenvalue weighted by Crippen LogP contribution is 2.33. The van der Waals surface area contributed by atoms with E-state index in [2.05, 4.69) is 4.98 Å². The quantitative estimate of drug-likeness (QED) is 0.370. The summed E-state index contributed by atoms with van der Waals surface area (Å²) < 4.78 is 61.4. The molecule has 0 aliphatic rings. The second-order valence-corrected chi connectivity index (χ2v) is 7.53. The number of aryl methyl sites for hydroxylation is 1. The number of carbonyl (C=O) groups is 1. The summed E-state index contributed by atoms with van der Waals surface area (Å²) in [5.41, 5.74) is 0.958. The third-order valence-corrected chi connectivity index (χ3v) is 5.14. The van der Waals surface area contributed by atoms with Gasteiger partial charge >= 0.3 is 12.1 Å². The van der Waals surface area contributed by atoms with Crippen LogP contribution in [0.1, 0.15) is 32.9 Å². The monoisotopic (exact) mass is 458 g/mol. The van der Waals surface area contributed by atoms with Crippen molar-refractivity contribution in [3.05, 3.63) is 94.6 Å². The number of hydrogen-bond donors (Lipinski definition) is 1. The van der Waals surface area contributed by atoms with Crippen LogP contribution < -0.4 is 4.74 Å². The van der Waals surface area contributed by atoms with Crippen LogP contribution >= 0.6 is 0 Å². The van der Waals surface area contributed by atoms with E-state index in [4.69, 9.17) is 9.84 Å². The Morgan fingerprint density at radius 2 is 1.88 bits per heavy atom. The third kappa shape index (κ3) is 4.82. The van der Waals surface area contributed by atoms with Gasteiger partial charge in [-0.3, -0.25) is 0 Å². The molecule has 0 aliphatic carbocycles. The van der Waals surface area contributed by atoms with E-state index in [1.807, 2.05) is 13.0 Å². The van der Waals surface area contributed by atoms with E-state index in [1.165, 1.54) is 18.2 Å². The molecule has 4 aromatic rings. The van der Waals surface area contributed by atoms with Gasteiger partial charge in [-0.05, 0) is 60.5 Å². The predicted molar refractivity (Wildman–Crippen MR) is 113 cm³/mol. The maximum absolute atomic E-state index is 13.5. The number of carboxylic acids is 1. The molecule has 1 heterocycles. The second-order valence-electron chi connectivity index (χ2n) is 7.53. The number of alkyl halides is 3. The van der Waals surface area contributed by atoms with Gasteiger partial charge in [-0.25, -0.2) is 14.2 Å². The van der Waals surface area contributed by atoms with E-state index >= 15 is 0 Å². The van der Waals surface area contributed by atoms with Crippen LogP contribution in [0.3, 0.4) is 0 Å². The second kappa shape index (κ2) is 8.57. The van der Waals surface area contributed by atoms with E-state index in [0.29, 0.717) is 22.9 Å². The molecule has 0 bridgehead atoms. The maximum atomic E-state index is 13.5. The van der Waals surface area contributed by atoms with Crippen molar-refractivity contribution in [2.45, 2.75) is 26.3 Å². The molecule has 3 aromatic carbocycles. The zero-order chi connectivity index (χ0) is 23.8. The molecule has 5 nitrogen and oxygen atoms in total. The highest BCUT2D eigenvalue weighted by Gasteiger charge is 2.34. The SMILES string of the molecule is Cc1ccc2c(c1)nc(COc1cccc(C(=O)O)c1)n2Cc1ccc(F)cc1C(F)(F)F. The van der Waals surface area contributed by atoms with Crippen LogP contribution in [0.15, 0.2) is 60.7 Å². The molecular formula is C24H18F4N2O3. The minimum absolute atomic E-state index is 0.0396. The Balaban J connectivity index is 1.73. The first kappa shape index (κ1) is 22.3. The lowest BCUT2D eigenvalue weighted by molar-refractivity contribution is -0.138. The normalized spacial score (nSPS) is 11.7. The summed E-state index contributed by atoms with van der Waals surface area (Å²) in [5, 5.41) is 9.14. The van der Waals surface area contributed by atoms with E-state index < -0.39 is 23.5 Å². The zero-order valence-corrected chi connectivity index (χ0v) is 17.4. The number of nitrogens with zero attached hydrogens (tertiary/aromatic N) is 2. The molecule has 0 saturated carbocycles. The van der Waals surface area contributed by atoms with Gasteiger partial charge in [0.15, 0.2) is 0 Å². The Morgan fingerprint density at radius 1 is 1.09 bits per heavy atom. The first-order valence-electron chi connectivity index (χ1n) is 9.89. The number of fused-ring (bicyclic) bond motifs is 1. The van der Waals surface area contributed by atoms with E-state index in [0.717, 1.165) is 17.7 Å². The highest BCUT2D eigenvalue weighted by atomic mass is 19.4. The van der Waals surface area contributed by atoms with Crippen LogP contribution in [0, 0.1) is 12.7 Å². The van der Waals surface area contributed by atoms with Gasteiger partial charge in [0, 0.05) is 0 Å². The zero-order valence-electron chi connectivity index (χ0n) is 17.4. The number of rotatable bonds is 6. The summed E-state index contributed by atoms with van der Waals surface area (Å²) in [5.74, 6) is -1.46. The summed E-state index contributed by atoms with van der Waals surface area (Å²) in [7, 11) is 0. The Labute approximate surface area is 185 Å². The molecule has 0 spiro atoms. The van der Waals surface area contributed by atoms with Gasteiger partial charge in [0.2, 0.25) is 0 Å². The van der Waals surface area contributed by atoms with Crippen LogP contribution in [0.4, 0.5) is 17.6 Å². The van der Waals surface area contributed by atoms with Gasteiger partial charge in [0.05, 0.1) is 28.7 Å². The smallest absolute Gasteiger partial charge is 0.416 e. The third-order valence-electron chi connectivity index (χ3n) is 5.14. The largest absolute Gasteiger partial charge is 0.486 e. The van der Waals surface area contributed by atoms with Crippen molar-refractivity contribution < 1.29 is 32.2 Å². The minimum atomic E-state index is -4.72. The van der Waals surface area contributed by atoms with Gasteiger partial charge in [-0.15, -0.1) is 0 Å². The molecule has 9 heteroatoms. The van der Waals surface area contributed by atoms with Crippen LogP contribution in [0.25, 0.3) is 11.0 Å². The van der Waals surface area contributed by atoms with Gasteiger partial charge in [-0.1, -0.05) is 18.2 Å². The number of aromatic nitrogens is 2. The molecule has 0 amide bonds. The summed E-state index contributed by atoms with van der Waals surface area (Å²) in [6.07, 6.45) is -4.72. The molecule has 0 fully saturated rings. The summed E-state index contributed by atoms with van der Waals surface area (Å²) in [6.45, 7) is 1.55. The first-order valence-corrected chi connectivity index (χ1v) is 9.89. The van der Waals surface area contributed by atoms with Gasteiger partial charge < -0.3 is 14.4 Å². The molecule has 0 saturated heterocycles. The van der Waals surface area contributed by atoms with Crippen molar-refractivity contribution in [3.8, 4) is 5.75 Å². The number of halogens is 4. The molecule has 33 heavy (non-hydrogen) atoms. The fourth-order valence-electron chi connectivity index (χ4n) is 3.56. The lowest BCUT2D eigenvalue weighted by Crippen LogP contribution is -2.14. The average Bonchev–Trinajstić information content (AvgIpc) is 3.09. The number of imidazole rings is 1. The number of carboxylic acid groups (broad SMARTS) is 1. The molecule has 0 aliphatic heterocycles. The fourth-order valence-corrected chi connectivity index (χ4v) is 3.56. The van der Waals surface area contributed by atoms with Crippen molar-refractivity contribution in [3.63, 3.8) is 0 Å². The van der Waals surface area contributed by atoms with Gasteiger partial charge in [0.25, 0.3) is 0 Å². The lowest BCUT2D eigenvalue weighted by Gasteiger charge is -2.16. The number of ether oxygens (including phenoxy) is 1. The lowest BCUT2D eigenvalue weighted by atomic mass is 10.1. The van der Waals surface area contributed by atoms with Crippen LogP contribution in [0.2, 0.25) is 0 Å². The molecule has 0 atom stereocenters. The molecule has 1 aromatic heterocycles. The number of hydrogen-bond acceptors (Lipinski definition) is 3. The first-order chi connectivity index (χ1) is 15.6. The van der Waals surface area contributed by atoms with Crippen molar-refractivity contribution in [1.29, 1.82) is 0 Å². The Morgan fingerprint density at radius 3 is 2.61 bits per heavy atom. The Kier molecular flexibility index (Phi) is 5.80. The Bertz CT molecular complexity index is 1350. The van der Waals surface area contributed by atoms with Gasteiger partial charge in [0.1, 0.15) is 24.0 Å². The topological polar surface area (TPSA) is 64.3 Å². The summed E-state index contributed by atoms with van der Waals surface area (Å²) in [6, 6.07) is 13.8. The van der Waals surface area contributed by atoms with E-state index in [1.54, 1.807) is 22.8 Å². The molecule has 0 radical (unpaired) electrons. The molecule has 4 rings (SSSR count). The molecule has 0 unspecified atom stereocenters. The van der Waals surface area contributed by atoms with Crippen molar-refractivity contribution in [2.24, 2.45) is 0 Å². The molecule has 1 N–H and O–H groups in total. The average molecular weight is 458 g/mol. The predicted octanol–water partition coefficient (Wildman–Crippen LogP) is 5.83. The molecular weight excluding hydrogens is 440 g/mol. The summed E-state index contributed by atoms with van der Waals surface area (Å²) >= 11 is 0. The minimum Gasteiger partial charge on any atom is -0.486 e. The van der Waals surface area contributed by atoms with Crippen LogP contribution in [-0.2, 0) is 19.3 Å². The van der Waals surface area contributed by atoms with Crippen LogP contribution in [-0.4, -0.2) is 20.6 Å².